The van der Waals surface area contributed by atoms with Crippen LogP contribution < -0.4 is 11.1 Å². The zero-order chi connectivity index (χ0) is 23.5. The summed E-state index contributed by atoms with van der Waals surface area (Å²) in [5.41, 5.74) is 7.10. The topological polar surface area (TPSA) is 96.7 Å². The molecule has 0 aliphatic heterocycles. The van der Waals surface area contributed by atoms with Crippen LogP contribution in [0.25, 0.3) is 10.7 Å². The van der Waals surface area contributed by atoms with E-state index in [-0.39, 0.29) is 28.4 Å². The van der Waals surface area contributed by atoms with Crippen molar-refractivity contribution >= 4 is 17.2 Å². The second kappa shape index (κ2) is 9.83. The number of aromatic nitrogens is 3. The molecule has 6 nitrogen and oxygen atoms in total. The standard InChI is InChI=1S/C22H26F3N5OS/c1-4-15(7-5-6-12(2)16-9-14(26)8-13(16)3)27-20(31)18-11-32-21(28-18)17-10-19(30-29-17)22(23,24)25/h5-7,10-12,14,16H,3-4,8-9,26H2,1-2H3,(H,27,31)(H,29,30)/b6-5+,15-7-. The molecule has 4 N–H and O–H groups in total. The number of alkyl halides is 3. The van der Waals surface area contributed by atoms with Crippen molar-refractivity contribution in [1.82, 2.24) is 20.5 Å². The summed E-state index contributed by atoms with van der Waals surface area (Å²) in [5.74, 6) is 0.226. The highest BCUT2D eigenvalue weighted by Gasteiger charge is 2.33. The molecule has 1 saturated carbocycles. The van der Waals surface area contributed by atoms with Gasteiger partial charge in [-0.1, -0.05) is 38.2 Å². The van der Waals surface area contributed by atoms with Gasteiger partial charge >= 0.3 is 6.18 Å². The molecule has 2 aromatic rings. The predicted molar refractivity (Wildman–Crippen MR) is 119 cm³/mol. The van der Waals surface area contributed by atoms with Gasteiger partial charge in [-0.15, -0.1) is 11.3 Å². The second-order valence-electron chi connectivity index (χ2n) is 7.91. The molecule has 0 spiro atoms. The quantitative estimate of drug-likeness (QED) is 0.393. The Morgan fingerprint density at radius 3 is 2.84 bits per heavy atom. The van der Waals surface area contributed by atoms with Gasteiger partial charge in [-0.25, -0.2) is 4.98 Å². The predicted octanol–water partition coefficient (Wildman–Crippen LogP) is 5.06. The number of H-pyrrole nitrogens is 1. The SMILES string of the molecule is C=C1CC(N)CC1C(C)/C=C/C=C(/CC)NC(=O)c1csc(-c2cc(C(F)(F)F)[nH]n2)n1. The first-order valence-corrected chi connectivity index (χ1v) is 11.2. The van der Waals surface area contributed by atoms with Crippen LogP contribution in [0.15, 0.2) is 47.5 Å². The molecule has 0 saturated heterocycles. The molecule has 1 amide bonds. The van der Waals surface area contributed by atoms with E-state index in [2.05, 4.69) is 35.0 Å². The Balaban J connectivity index is 1.63. The average molecular weight is 466 g/mol. The van der Waals surface area contributed by atoms with E-state index >= 15 is 0 Å². The number of hydrogen-bond donors (Lipinski definition) is 3. The summed E-state index contributed by atoms with van der Waals surface area (Å²) in [4.78, 5) is 16.7. The number of nitrogens with one attached hydrogen (secondary N) is 2. The highest BCUT2D eigenvalue weighted by molar-refractivity contribution is 7.13. The van der Waals surface area contributed by atoms with Gasteiger partial charge in [-0.3, -0.25) is 9.89 Å². The fourth-order valence-corrected chi connectivity index (χ4v) is 4.42. The number of amides is 1. The van der Waals surface area contributed by atoms with Crippen molar-refractivity contribution < 1.29 is 18.0 Å². The largest absolute Gasteiger partial charge is 0.432 e. The Labute approximate surface area is 188 Å². The van der Waals surface area contributed by atoms with E-state index in [0.29, 0.717) is 18.0 Å². The van der Waals surface area contributed by atoms with Gasteiger partial charge in [0, 0.05) is 17.1 Å². The second-order valence-corrected chi connectivity index (χ2v) is 8.77. The van der Waals surface area contributed by atoms with Crippen LogP contribution in [0.1, 0.15) is 49.3 Å². The molecule has 0 aromatic carbocycles. The van der Waals surface area contributed by atoms with E-state index < -0.39 is 17.8 Å². The van der Waals surface area contributed by atoms with Crippen LogP contribution in [0.5, 0.6) is 0 Å². The summed E-state index contributed by atoms with van der Waals surface area (Å²) in [6.45, 7) is 8.16. The van der Waals surface area contributed by atoms with Crippen molar-refractivity contribution in [2.75, 3.05) is 0 Å². The molecule has 3 unspecified atom stereocenters. The average Bonchev–Trinajstić information content (AvgIpc) is 3.45. The number of rotatable bonds is 7. The number of allylic oxidation sites excluding steroid dienone is 4. The molecule has 172 valence electrons. The lowest BCUT2D eigenvalue weighted by atomic mass is 9.89. The lowest BCUT2D eigenvalue weighted by Crippen LogP contribution is -2.22. The number of aromatic amines is 1. The molecule has 3 rings (SSSR count). The molecule has 0 radical (unpaired) electrons. The van der Waals surface area contributed by atoms with Crippen LogP contribution in [0.3, 0.4) is 0 Å². The molecule has 1 aliphatic rings. The molecular formula is C22H26F3N5OS. The summed E-state index contributed by atoms with van der Waals surface area (Å²) in [5, 5.41) is 10.1. The minimum atomic E-state index is -4.52. The van der Waals surface area contributed by atoms with Gasteiger partial charge < -0.3 is 11.1 Å². The van der Waals surface area contributed by atoms with Gasteiger partial charge in [0.05, 0.1) is 0 Å². The van der Waals surface area contributed by atoms with Gasteiger partial charge in [0.25, 0.3) is 5.91 Å². The molecule has 1 aliphatic carbocycles. The minimum Gasteiger partial charge on any atom is -0.327 e. The summed E-state index contributed by atoms with van der Waals surface area (Å²) in [6, 6.07) is 1.05. The summed E-state index contributed by atoms with van der Waals surface area (Å²) in [7, 11) is 0. The lowest BCUT2D eigenvalue weighted by Gasteiger charge is -2.16. The Kier molecular flexibility index (Phi) is 7.35. The number of carbonyl (C=O) groups excluding carboxylic acids is 1. The molecule has 32 heavy (non-hydrogen) atoms. The molecule has 0 bridgehead atoms. The van der Waals surface area contributed by atoms with Crippen LogP contribution in [0.2, 0.25) is 0 Å². The van der Waals surface area contributed by atoms with Gasteiger partial charge in [0.15, 0.2) is 0 Å². The van der Waals surface area contributed by atoms with Gasteiger partial charge in [-0.05, 0) is 43.2 Å². The normalized spacial score (nSPS) is 20.8. The summed E-state index contributed by atoms with van der Waals surface area (Å²) in [6.07, 6.45) is 3.69. The van der Waals surface area contributed by atoms with Crippen LogP contribution in [0.4, 0.5) is 13.2 Å². The fourth-order valence-electron chi connectivity index (χ4n) is 3.66. The van der Waals surface area contributed by atoms with Crippen LogP contribution in [-0.4, -0.2) is 27.1 Å². The molecule has 2 heterocycles. The lowest BCUT2D eigenvalue weighted by molar-refractivity contribution is -0.141. The zero-order valence-electron chi connectivity index (χ0n) is 17.9. The van der Waals surface area contributed by atoms with E-state index in [1.165, 1.54) is 11.0 Å². The van der Waals surface area contributed by atoms with Crippen molar-refractivity contribution in [2.45, 2.75) is 45.3 Å². The van der Waals surface area contributed by atoms with Crippen molar-refractivity contribution in [3.8, 4) is 10.7 Å². The molecular weight excluding hydrogens is 439 g/mol. The maximum Gasteiger partial charge on any atom is 0.432 e. The number of hydrogen-bond acceptors (Lipinski definition) is 5. The maximum atomic E-state index is 12.7. The molecule has 2 aromatic heterocycles. The van der Waals surface area contributed by atoms with E-state index in [4.69, 9.17) is 5.73 Å². The van der Waals surface area contributed by atoms with Crippen LogP contribution >= 0.6 is 11.3 Å². The number of nitrogens with two attached hydrogens (primary N) is 1. The smallest absolute Gasteiger partial charge is 0.327 e. The third kappa shape index (κ3) is 5.74. The Bertz CT molecular complexity index is 1040. The molecule has 10 heteroatoms. The zero-order valence-corrected chi connectivity index (χ0v) is 18.7. The first-order chi connectivity index (χ1) is 15.1. The van der Waals surface area contributed by atoms with Crippen molar-refractivity contribution in [1.29, 1.82) is 0 Å². The van der Waals surface area contributed by atoms with E-state index in [9.17, 15) is 18.0 Å². The third-order valence-electron chi connectivity index (χ3n) is 5.45. The Hall–Kier alpha value is -2.72. The van der Waals surface area contributed by atoms with Crippen molar-refractivity contribution in [3.05, 3.63) is 58.9 Å². The Morgan fingerprint density at radius 2 is 2.25 bits per heavy atom. The van der Waals surface area contributed by atoms with Crippen molar-refractivity contribution in [2.24, 2.45) is 17.6 Å². The number of nitrogens with zero attached hydrogens (tertiary/aromatic N) is 2. The van der Waals surface area contributed by atoms with E-state index in [1.807, 2.05) is 24.2 Å². The number of thiazole rings is 1. The van der Waals surface area contributed by atoms with Gasteiger partial charge in [0.2, 0.25) is 0 Å². The van der Waals surface area contributed by atoms with Crippen LogP contribution in [0, 0.1) is 11.8 Å². The highest BCUT2D eigenvalue weighted by atomic mass is 32.1. The minimum absolute atomic E-state index is 0.0396. The summed E-state index contributed by atoms with van der Waals surface area (Å²) < 4.78 is 38.2. The van der Waals surface area contributed by atoms with E-state index in [0.717, 1.165) is 30.2 Å². The molecule has 3 atom stereocenters. The first kappa shape index (κ1) is 23.9. The molecule has 1 fully saturated rings. The third-order valence-corrected chi connectivity index (χ3v) is 6.31. The highest BCUT2D eigenvalue weighted by Crippen LogP contribution is 2.35. The fraction of sp³-hybridized carbons (Fsp3) is 0.409. The van der Waals surface area contributed by atoms with E-state index in [1.54, 1.807) is 0 Å². The Morgan fingerprint density at radius 1 is 1.50 bits per heavy atom. The first-order valence-electron chi connectivity index (χ1n) is 10.3. The van der Waals surface area contributed by atoms with Crippen molar-refractivity contribution in [3.63, 3.8) is 0 Å². The maximum absolute atomic E-state index is 12.7. The number of halogens is 3. The van der Waals surface area contributed by atoms with Gasteiger partial charge in [-0.2, -0.15) is 18.3 Å². The van der Waals surface area contributed by atoms with Gasteiger partial charge in [0.1, 0.15) is 22.1 Å². The summed E-state index contributed by atoms with van der Waals surface area (Å²) >= 11 is 1.05. The monoisotopic (exact) mass is 465 g/mol. The number of carbonyl (C=O) groups is 1. The van der Waals surface area contributed by atoms with Crippen LogP contribution in [-0.2, 0) is 6.18 Å².